The van der Waals surface area contributed by atoms with Gasteiger partial charge in [-0.15, -0.1) is 0 Å². The van der Waals surface area contributed by atoms with Gasteiger partial charge < -0.3 is 19.3 Å². The number of sulfone groups is 1. The van der Waals surface area contributed by atoms with Crippen molar-refractivity contribution in [2.75, 3.05) is 44.5 Å². The molecule has 0 radical (unpaired) electrons. The zero-order valence-electron chi connectivity index (χ0n) is 19.2. The first kappa shape index (κ1) is 24.6. The van der Waals surface area contributed by atoms with Crippen LogP contribution in [0.4, 0.5) is 5.69 Å². The molecule has 0 unspecified atom stereocenters. The minimum absolute atomic E-state index is 0.0606. The average molecular weight is 475 g/mol. The highest BCUT2D eigenvalue weighted by atomic mass is 32.2. The van der Waals surface area contributed by atoms with Gasteiger partial charge in [0.1, 0.15) is 0 Å². The van der Waals surface area contributed by atoms with Crippen LogP contribution < -0.4 is 14.4 Å². The third-order valence-electron chi connectivity index (χ3n) is 5.51. The van der Waals surface area contributed by atoms with Gasteiger partial charge in [-0.25, -0.2) is 8.42 Å². The number of piperidine rings is 1. The highest BCUT2D eigenvalue weighted by Crippen LogP contribution is 2.30. The Labute approximate surface area is 195 Å². The van der Waals surface area contributed by atoms with Crippen LogP contribution in [0.25, 0.3) is 0 Å². The zero-order valence-corrected chi connectivity index (χ0v) is 20.1. The third kappa shape index (κ3) is 6.25. The number of amides is 2. The summed E-state index contributed by atoms with van der Waals surface area (Å²) < 4.78 is 34.7. The van der Waals surface area contributed by atoms with Gasteiger partial charge in [-0.3, -0.25) is 9.59 Å². The first-order valence-electron chi connectivity index (χ1n) is 11.0. The third-order valence-corrected chi connectivity index (χ3v) is 6.64. The second-order valence-electron chi connectivity index (χ2n) is 7.95. The largest absolute Gasteiger partial charge is 0.490 e. The maximum absolute atomic E-state index is 13.0. The van der Waals surface area contributed by atoms with Crippen molar-refractivity contribution in [3.8, 4) is 11.5 Å². The Hall–Kier alpha value is -3.07. The van der Waals surface area contributed by atoms with E-state index in [9.17, 15) is 18.0 Å². The van der Waals surface area contributed by atoms with Gasteiger partial charge in [0.05, 0.1) is 11.5 Å². The van der Waals surface area contributed by atoms with Crippen LogP contribution >= 0.6 is 0 Å². The van der Waals surface area contributed by atoms with Gasteiger partial charge in [0, 0.05) is 37.6 Å². The molecule has 178 valence electrons. The maximum atomic E-state index is 13.0. The fraction of sp³-hybridized carbons (Fsp3) is 0.417. The molecule has 1 aliphatic rings. The van der Waals surface area contributed by atoms with Crippen molar-refractivity contribution >= 4 is 27.3 Å². The molecule has 0 saturated carbocycles. The molecule has 1 aliphatic heterocycles. The number of hydrogen-bond donors (Lipinski definition) is 0. The van der Waals surface area contributed by atoms with Crippen LogP contribution in [-0.4, -0.2) is 64.7 Å². The molecule has 1 heterocycles. The Morgan fingerprint density at radius 1 is 0.970 bits per heavy atom. The molecule has 8 nitrogen and oxygen atoms in total. The van der Waals surface area contributed by atoms with Crippen LogP contribution in [0.5, 0.6) is 11.5 Å². The second-order valence-corrected chi connectivity index (χ2v) is 9.97. The highest BCUT2D eigenvalue weighted by Gasteiger charge is 2.20. The van der Waals surface area contributed by atoms with Crippen molar-refractivity contribution in [2.24, 2.45) is 0 Å². The Bertz CT molecular complexity index is 1090. The van der Waals surface area contributed by atoms with Crippen LogP contribution in [-0.2, 0) is 14.6 Å². The van der Waals surface area contributed by atoms with E-state index < -0.39 is 9.84 Å². The molecule has 0 N–H and O–H groups in total. The van der Waals surface area contributed by atoms with E-state index in [1.54, 1.807) is 37.4 Å². The Morgan fingerprint density at radius 2 is 1.64 bits per heavy atom. The summed E-state index contributed by atoms with van der Waals surface area (Å²) in [5.41, 5.74) is 0.931. The van der Waals surface area contributed by atoms with Gasteiger partial charge in [0.2, 0.25) is 0 Å². The summed E-state index contributed by atoms with van der Waals surface area (Å²) in [5, 5.41) is 0. The molecule has 0 aliphatic carbocycles. The number of ether oxygens (including phenoxy) is 2. The molecule has 2 aromatic carbocycles. The Kier molecular flexibility index (Phi) is 7.97. The number of anilines is 1. The number of nitrogens with zero attached hydrogens (tertiary/aromatic N) is 2. The van der Waals surface area contributed by atoms with E-state index in [-0.39, 0.29) is 23.3 Å². The van der Waals surface area contributed by atoms with Gasteiger partial charge in [-0.05, 0) is 68.7 Å². The van der Waals surface area contributed by atoms with E-state index in [2.05, 4.69) is 0 Å². The summed E-state index contributed by atoms with van der Waals surface area (Å²) in [6.45, 7) is 3.63. The predicted molar refractivity (Wildman–Crippen MR) is 126 cm³/mol. The smallest absolute Gasteiger partial charge is 0.260 e. The fourth-order valence-corrected chi connectivity index (χ4v) is 4.26. The van der Waals surface area contributed by atoms with Crippen molar-refractivity contribution < 1.29 is 27.5 Å². The van der Waals surface area contributed by atoms with E-state index in [0.717, 1.165) is 38.6 Å². The number of rotatable bonds is 8. The molecule has 0 bridgehead atoms. The number of carbonyl (C=O) groups excluding carboxylic acids is 2. The Balaban J connectivity index is 1.72. The first-order valence-corrected chi connectivity index (χ1v) is 12.9. The molecule has 0 aromatic heterocycles. The van der Waals surface area contributed by atoms with Crippen molar-refractivity contribution in [2.45, 2.75) is 31.1 Å². The Morgan fingerprint density at radius 3 is 2.24 bits per heavy atom. The van der Waals surface area contributed by atoms with Crippen LogP contribution in [0, 0.1) is 0 Å². The van der Waals surface area contributed by atoms with Gasteiger partial charge >= 0.3 is 0 Å². The molecular weight excluding hydrogens is 444 g/mol. The first-order chi connectivity index (χ1) is 15.7. The van der Waals surface area contributed by atoms with Crippen molar-refractivity contribution in [3.05, 3.63) is 48.0 Å². The second kappa shape index (κ2) is 10.7. The molecule has 0 atom stereocenters. The van der Waals surface area contributed by atoms with Crippen LogP contribution in [0.3, 0.4) is 0 Å². The van der Waals surface area contributed by atoms with Gasteiger partial charge in [0.25, 0.3) is 11.8 Å². The standard InChI is InChI=1S/C24H30N2O6S/c1-4-31-22-16-18(8-13-21(22)32-17-23(27)26-14-6-5-7-15-26)24(28)25(2)19-9-11-20(12-10-19)33(3,29)30/h8-13,16H,4-7,14-15,17H2,1-3H3. The number of hydrogen-bond acceptors (Lipinski definition) is 6. The molecule has 0 spiro atoms. The summed E-state index contributed by atoms with van der Waals surface area (Å²) in [4.78, 5) is 28.9. The predicted octanol–water partition coefficient (Wildman–Crippen LogP) is 3.16. The molecule has 2 amide bonds. The molecule has 1 saturated heterocycles. The molecule has 3 rings (SSSR count). The monoisotopic (exact) mass is 474 g/mol. The highest BCUT2D eigenvalue weighted by molar-refractivity contribution is 7.90. The van der Waals surface area contributed by atoms with Gasteiger partial charge in [-0.2, -0.15) is 0 Å². The summed E-state index contributed by atoms with van der Waals surface area (Å²) >= 11 is 0. The zero-order chi connectivity index (χ0) is 24.0. The van der Waals surface area contributed by atoms with E-state index in [0.29, 0.717) is 29.4 Å². The number of benzene rings is 2. The normalized spacial score (nSPS) is 14.0. The summed E-state index contributed by atoms with van der Waals surface area (Å²) in [6.07, 6.45) is 4.30. The fourth-order valence-electron chi connectivity index (χ4n) is 3.63. The lowest BCUT2D eigenvalue weighted by molar-refractivity contribution is -0.134. The maximum Gasteiger partial charge on any atom is 0.260 e. The minimum atomic E-state index is -3.31. The van der Waals surface area contributed by atoms with E-state index in [1.165, 1.54) is 17.0 Å². The van der Waals surface area contributed by atoms with Crippen LogP contribution in [0.2, 0.25) is 0 Å². The summed E-state index contributed by atoms with van der Waals surface area (Å²) in [7, 11) is -1.70. The van der Waals surface area contributed by atoms with E-state index in [1.807, 2.05) is 11.8 Å². The SMILES string of the molecule is CCOc1cc(C(=O)N(C)c2ccc(S(C)(=O)=O)cc2)ccc1OCC(=O)N1CCCCC1. The van der Waals surface area contributed by atoms with Crippen LogP contribution in [0.15, 0.2) is 47.4 Å². The summed E-state index contributed by atoms with van der Waals surface area (Å²) in [5.74, 6) is 0.433. The van der Waals surface area contributed by atoms with E-state index in [4.69, 9.17) is 9.47 Å². The molecule has 9 heteroatoms. The molecule has 2 aromatic rings. The van der Waals surface area contributed by atoms with Crippen molar-refractivity contribution in [1.82, 2.24) is 4.90 Å². The van der Waals surface area contributed by atoms with E-state index >= 15 is 0 Å². The topological polar surface area (TPSA) is 93.2 Å². The lowest BCUT2D eigenvalue weighted by atomic mass is 10.1. The van der Waals surface area contributed by atoms with Crippen molar-refractivity contribution in [1.29, 1.82) is 0 Å². The number of likely N-dealkylation sites (tertiary alicyclic amines) is 1. The lowest BCUT2D eigenvalue weighted by Gasteiger charge is -2.26. The molecule has 1 fully saturated rings. The quantitative estimate of drug-likeness (QED) is 0.584. The van der Waals surface area contributed by atoms with Gasteiger partial charge in [0.15, 0.2) is 27.9 Å². The molecular formula is C24H30N2O6S. The molecule has 33 heavy (non-hydrogen) atoms. The van der Waals surface area contributed by atoms with Crippen molar-refractivity contribution in [3.63, 3.8) is 0 Å². The minimum Gasteiger partial charge on any atom is -0.490 e. The average Bonchev–Trinajstić information content (AvgIpc) is 2.82. The number of carbonyl (C=O) groups is 2. The van der Waals surface area contributed by atoms with Crippen LogP contribution in [0.1, 0.15) is 36.5 Å². The lowest BCUT2D eigenvalue weighted by Crippen LogP contribution is -2.38. The van der Waals surface area contributed by atoms with Gasteiger partial charge in [-0.1, -0.05) is 0 Å². The summed E-state index contributed by atoms with van der Waals surface area (Å²) in [6, 6.07) is 10.9.